The SMILES string of the molecule is CC[C@@H](C)N[C@@H](C)c1ccc(F)cc1F. The maximum atomic E-state index is 13.4. The van der Waals surface area contributed by atoms with E-state index in [1.165, 1.54) is 12.1 Å². The largest absolute Gasteiger partial charge is 0.308 e. The molecule has 1 rings (SSSR count). The molecule has 1 aromatic rings. The molecule has 0 bridgehead atoms. The van der Waals surface area contributed by atoms with Crippen molar-refractivity contribution in [1.29, 1.82) is 0 Å². The average Bonchev–Trinajstić information content (AvgIpc) is 2.17. The van der Waals surface area contributed by atoms with E-state index in [1.54, 1.807) is 0 Å². The molecule has 0 radical (unpaired) electrons. The molecule has 15 heavy (non-hydrogen) atoms. The molecular weight excluding hydrogens is 196 g/mol. The van der Waals surface area contributed by atoms with E-state index in [9.17, 15) is 8.78 Å². The molecule has 0 aromatic heterocycles. The Morgan fingerprint density at radius 2 is 1.93 bits per heavy atom. The van der Waals surface area contributed by atoms with Gasteiger partial charge in [-0.15, -0.1) is 0 Å². The van der Waals surface area contributed by atoms with E-state index in [1.807, 2.05) is 13.8 Å². The van der Waals surface area contributed by atoms with Crippen LogP contribution in [-0.4, -0.2) is 6.04 Å². The van der Waals surface area contributed by atoms with E-state index >= 15 is 0 Å². The number of hydrogen-bond donors (Lipinski definition) is 1. The first-order valence-corrected chi connectivity index (χ1v) is 5.25. The fourth-order valence-electron chi connectivity index (χ4n) is 1.49. The van der Waals surface area contributed by atoms with Crippen molar-refractivity contribution < 1.29 is 8.78 Å². The molecule has 0 unspecified atom stereocenters. The topological polar surface area (TPSA) is 12.0 Å². The van der Waals surface area contributed by atoms with Gasteiger partial charge in [0, 0.05) is 23.7 Å². The lowest BCUT2D eigenvalue weighted by atomic mass is 10.1. The van der Waals surface area contributed by atoms with Gasteiger partial charge >= 0.3 is 0 Å². The maximum absolute atomic E-state index is 13.4. The van der Waals surface area contributed by atoms with Gasteiger partial charge in [-0.05, 0) is 26.3 Å². The highest BCUT2D eigenvalue weighted by Crippen LogP contribution is 2.18. The van der Waals surface area contributed by atoms with Crippen molar-refractivity contribution in [2.24, 2.45) is 0 Å². The van der Waals surface area contributed by atoms with Gasteiger partial charge in [-0.2, -0.15) is 0 Å². The highest BCUT2D eigenvalue weighted by Gasteiger charge is 2.12. The van der Waals surface area contributed by atoms with Gasteiger partial charge in [-0.1, -0.05) is 13.0 Å². The molecule has 0 saturated heterocycles. The zero-order chi connectivity index (χ0) is 11.4. The van der Waals surface area contributed by atoms with Crippen LogP contribution in [0, 0.1) is 11.6 Å². The molecule has 0 fully saturated rings. The average molecular weight is 213 g/mol. The molecule has 0 aliphatic carbocycles. The fourth-order valence-corrected chi connectivity index (χ4v) is 1.49. The number of benzene rings is 1. The summed E-state index contributed by atoms with van der Waals surface area (Å²) >= 11 is 0. The van der Waals surface area contributed by atoms with E-state index in [-0.39, 0.29) is 6.04 Å². The van der Waals surface area contributed by atoms with Gasteiger partial charge in [0.25, 0.3) is 0 Å². The number of rotatable bonds is 4. The summed E-state index contributed by atoms with van der Waals surface area (Å²) < 4.78 is 26.1. The molecule has 1 nitrogen and oxygen atoms in total. The van der Waals surface area contributed by atoms with Crippen molar-refractivity contribution in [3.05, 3.63) is 35.4 Å². The zero-order valence-electron chi connectivity index (χ0n) is 9.35. The zero-order valence-corrected chi connectivity index (χ0v) is 9.35. The Balaban J connectivity index is 2.77. The van der Waals surface area contributed by atoms with Crippen molar-refractivity contribution in [2.45, 2.75) is 39.3 Å². The first-order valence-electron chi connectivity index (χ1n) is 5.25. The molecule has 0 saturated carbocycles. The van der Waals surface area contributed by atoms with Crippen LogP contribution in [0.5, 0.6) is 0 Å². The van der Waals surface area contributed by atoms with Gasteiger partial charge in [0.15, 0.2) is 0 Å². The Hall–Kier alpha value is -0.960. The van der Waals surface area contributed by atoms with Crippen LogP contribution in [-0.2, 0) is 0 Å². The normalized spacial score (nSPS) is 15.0. The van der Waals surface area contributed by atoms with Crippen LogP contribution in [0.2, 0.25) is 0 Å². The second-order valence-corrected chi connectivity index (χ2v) is 3.86. The molecule has 0 spiro atoms. The van der Waals surface area contributed by atoms with Crippen molar-refractivity contribution in [3.8, 4) is 0 Å². The van der Waals surface area contributed by atoms with Crippen LogP contribution in [0.25, 0.3) is 0 Å². The monoisotopic (exact) mass is 213 g/mol. The van der Waals surface area contributed by atoms with E-state index in [4.69, 9.17) is 0 Å². The van der Waals surface area contributed by atoms with E-state index in [0.29, 0.717) is 11.6 Å². The smallest absolute Gasteiger partial charge is 0.130 e. The third kappa shape index (κ3) is 3.27. The van der Waals surface area contributed by atoms with E-state index in [2.05, 4.69) is 12.2 Å². The Morgan fingerprint density at radius 1 is 1.27 bits per heavy atom. The highest BCUT2D eigenvalue weighted by atomic mass is 19.1. The summed E-state index contributed by atoms with van der Waals surface area (Å²) in [5.74, 6) is -1.02. The summed E-state index contributed by atoms with van der Waals surface area (Å²) in [5, 5.41) is 3.24. The minimum absolute atomic E-state index is 0.0967. The molecule has 0 aliphatic heterocycles. The van der Waals surface area contributed by atoms with Gasteiger partial charge in [0.05, 0.1) is 0 Å². The minimum atomic E-state index is -0.535. The van der Waals surface area contributed by atoms with Crippen LogP contribution in [0.1, 0.15) is 38.8 Å². The van der Waals surface area contributed by atoms with Crippen LogP contribution in [0.3, 0.4) is 0 Å². The first-order chi connectivity index (χ1) is 7.04. The van der Waals surface area contributed by atoms with Crippen LogP contribution >= 0.6 is 0 Å². The Bertz CT molecular complexity index is 325. The van der Waals surface area contributed by atoms with Gasteiger partial charge in [0.1, 0.15) is 11.6 Å². The third-order valence-corrected chi connectivity index (χ3v) is 2.58. The predicted molar refractivity (Wildman–Crippen MR) is 57.7 cm³/mol. The van der Waals surface area contributed by atoms with Crippen molar-refractivity contribution >= 4 is 0 Å². The van der Waals surface area contributed by atoms with Gasteiger partial charge < -0.3 is 5.32 Å². The first kappa shape index (κ1) is 12.1. The molecule has 3 heteroatoms. The molecule has 84 valence electrons. The molecule has 1 N–H and O–H groups in total. The van der Waals surface area contributed by atoms with Crippen molar-refractivity contribution in [2.75, 3.05) is 0 Å². The van der Waals surface area contributed by atoms with E-state index < -0.39 is 11.6 Å². The number of nitrogens with one attached hydrogen (secondary N) is 1. The van der Waals surface area contributed by atoms with Gasteiger partial charge in [-0.3, -0.25) is 0 Å². The summed E-state index contributed by atoms with van der Waals surface area (Å²) in [6.07, 6.45) is 0.979. The summed E-state index contributed by atoms with van der Waals surface area (Å²) in [4.78, 5) is 0. The molecular formula is C12H17F2N. The third-order valence-electron chi connectivity index (χ3n) is 2.58. The second kappa shape index (κ2) is 5.21. The Labute approximate surface area is 89.5 Å². The predicted octanol–water partition coefficient (Wildman–Crippen LogP) is 3.41. The minimum Gasteiger partial charge on any atom is -0.308 e. The van der Waals surface area contributed by atoms with Crippen LogP contribution in [0.15, 0.2) is 18.2 Å². The summed E-state index contributed by atoms with van der Waals surface area (Å²) in [5.41, 5.74) is 0.511. The maximum Gasteiger partial charge on any atom is 0.130 e. The summed E-state index contributed by atoms with van der Waals surface area (Å²) in [6.45, 7) is 5.98. The quantitative estimate of drug-likeness (QED) is 0.808. The number of halogens is 2. The highest BCUT2D eigenvalue weighted by molar-refractivity contribution is 5.21. The molecule has 2 atom stereocenters. The summed E-state index contributed by atoms with van der Waals surface area (Å²) in [7, 11) is 0. The second-order valence-electron chi connectivity index (χ2n) is 3.86. The fraction of sp³-hybridized carbons (Fsp3) is 0.500. The van der Waals surface area contributed by atoms with Crippen molar-refractivity contribution in [1.82, 2.24) is 5.32 Å². The Kier molecular flexibility index (Phi) is 4.21. The Morgan fingerprint density at radius 3 is 2.47 bits per heavy atom. The molecule has 0 amide bonds. The lowest BCUT2D eigenvalue weighted by molar-refractivity contribution is 0.452. The lowest BCUT2D eigenvalue weighted by Gasteiger charge is -2.19. The van der Waals surface area contributed by atoms with Gasteiger partial charge in [-0.25, -0.2) is 8.78 Å². The molecule has 0 heterocycles. The molecule has 0 aliphatic rings. The molecule has 1 aromatic carbocycles. The number of hydrogen-bond acceptors (Lipinski definition) is 1. The van der Waals surface area contributed by atoms with Crippen LogP contribution in [0.4, 0.5) is 8.78 Å². The lowest BCUT2D eigenvalue weighted by Crippen LogP contribution is -2.28. The van der Waals surface area contributed by atoms with Gasteiger partial charge in [0.2, 0.25) is 0 Å². The van der Waals surface area contributed by atoms with Crippen molar-refractivity contribution in [3.63, 3.8) is 0 Å². The van der Waals surface area contributed by atoms with E-state index in [0.717, 1.165) is 12.5 Å². The summed E-state index contributed by atoms with van der Waals surface area (Å²) in [6, 6.07) is 3.92. The standard InChI is InChI=1S/C12H17F2N/c1-4-8(2)15-9(3)11-6-5-10(13)7-12(11)14/h5-9,15H,4H2,1-3H3/t8-,9+/m1/s1. The van der Waals surface area contributed by atoms with Crippen LogP contribution < -0.4 is 5.32 Å².